The second-order valence-corrected chi connectivity index (χ2v) is 4.44. The van der Waals surface area contributed by atoms with Gasteiger partial charge in [0.15, 0.2) is 0 Å². The third-order valence-corrected chi connectivity index (χ3v) is 3.81. The highest BCUT2D eigenvalue weighted by molar-refractivity contribution is 6.18. The highest BCUT2D eigenvalue weighted by Gasteiger charge is 2.31. The van der Waals surface area contributed by atoms with Gasteiger partial charge in [0.05, 0.1) is 18.1 Å². The summed E-state index contributed by atoms with van der Waals surface area (Å²) in [5.74, 6) is 0.585. The lowest BCUT2D eigenvalue weighted by Crippen LogP contribution is -2.51. The molecule has 1 rings (SSSR count). The maximum Gasteiger partial charge on any atom is 0.225 e. The Morgan fingerprint density at radius 2 is 2.20 bits per heavy atom. The number of halogens is 1. The van der Waals surface area contributed by atoms with Gasteiger partial charge in [0.2, 0.25) is 5.91 Å². The highest BCUT2D eigenvalue weighted by atomic mass is 35.5. The van der Waals surface area contributed by atoms with Crippen molar-refractivity contribution in [1.29, 1.82) is 0 Å². The van der Waals surface area contributed by atoms with Crippen LogP contribution >= 0.6 is 11.6 Å². The molecule has 1 saturated heterocycles. The van der Waals surface area contributed by atoms with Crippen molar-refractivity contribution >= 4 is 17.5 Å². The maximum absolute atomic E-state index is 11.9. The molecule has 1 atom stereocenters. The van der Waals surface area contributed by atoms with Gasteiger partial charge in [-0.2, -0.15) is 0 Å². The van der Waals surface area contributed by atoms with Gasteiger partial charge in [0, 0.05) is 12.5 Å². The predicted molar refractivity (Wildman–Crippen MR) is 61.1 cm³/mol. The minimum Gasteiger partial charge on any atom is -0.381 e. The van der Waals surface area contributed by atoms with E-state index in [0.29, 0.717) is 19.1 Å². The zero-order valence-corrected chi connectivity index (χ0v) is 10.3. The molecular weight excluding hydrogens is 214 g/mol. The van der Waals surface area contributed by atoms with E-state index >= 15 is 0 Å². The first kappa shape index (κ1) is 12.8. The number of nitrogens with one attached hydrogen (secondary N) is 1. The van der Waals surface area contributed by atoms with Crippen LogP contribution in [0.1, 0.15) is 33.1 Å². The van der Waals surface area contributed by atoms with E-state index in [-0.39, 0.29) is 17.4 Å². The van der Waals surface area contributed by atoms with Crippen LogP contribution in [0.4, 0.5) is 0 Å². The van der Waals surface area contributed by atoms with Crippen LogP contribution in [0.5, 0.6) is 0 Å². The normalized spacial score (nSPS) is 21.7. The topological polar surface area (TPSA) is 38.3 Å². The minimum absolute atomic E-state index is 0.0192. The van der Waals surface area contributed by atoms with Gasteiger partial charge < -0.3 is 10.1 Å². The van der Waals surface area contributed by atoms with Crippen molar-refractivity contribution in [3.63, 3.8) is 0 Å². The lowest BCUT2D eigenvalue weighted by atomic mass is 9.94. The molecule has 1 heterocycles. The summed E-state index contributed by atoms with van der Waals surface area (Å²) in [5.41, 5.74) is -0.235. The van der Waals surface area contributed by atoms with E-state index in [1.54, 1.807) is 0 Å². The van der Waals surface area contributed by atoms with Crippen LogP contribution in [-0.2, 0) is 9.53 Å². The van der Waals surface area contributed by atoms with Crippen molar-refractivity contribution in [1.82, 2.24) is 5.32 Å². The number of hydrogen-bond donors (Lipinski definition) is 1. The molecule has 4 heteroatoms. The lowest BCUT2D eigenvalue weighted by molar-refractivity contribution is -0.126. The first-order chi connectivity index (χ1) is 7.17. The van der Waals surface area contributed by atoms with Crippen LogP contribution in [0.3, 0.4) is 0 Å². The number of hydrogen-bond acceptors (Lipinski definition) is 2. The molecule has 3 nitrogen and oxygen atoms in total. The summed E-state index contributed by atoms with van der Waals surface area (Å²) in [4.78, 5) is 11.9. The maximum atomic E-state index is 11.9. The van der Waals surface area contributed by atoms with Gasteiger partial charge in [-0.1, -0.05) is 13.8 Å². The quantitative estimate of drug-likeness (QED) is 0.737. The van der Waals surface area contributed by atoms with Crippen LogP contribution in [0.15, 0.2) is 0 Å². The highest BCUT2D eigenvalue weighted by Crippen LogP contribution is 2.20. The molecule has 0 aromatic carbocycles. The Morgan fingerprint density at radius 1 is 1.53 bits per heavy atom. The summed E-state index contributed by atoms with van der Waals surface area (Å²) in [5, 5.41) is 3.07. The van der Waals surface area contributed by atoms with Gasteiger partial charge >= 0.3 is 0 Å². The van der Waals surface area contributed by atoms with Crippen molar-refractivity contribution in [3.8, 4) is 0 Å². The Hall–Kier alpha value is -0.280. The standard InChI is InChI=1S/C11H20ClNO2/c1-3-11(4-2,8-12)13-10(14)9-5-6-15-7-9/h9H,3-8H2,1-2H3,(H,13,14). The number of carbonyl (C=O) groups excluding carboxylic acids is 1. The Balaban J connectivity index is 2.53. The average molecular weight is 234 g/mol. The average Bonchev–Trinajstić information content (AvgIpc) is 2.79. The third kappa shape index (κ3) is 3.08. The molecule has 1 fully saturated rings. The fraction of sp³-hybridized carbons (Fsp3) is 0.909. The number of rotatable bonds is 5. The third-order valence-electron chi connectivity index (χ3n) is 3.30. The van der Waals surface area contributed by atoms with Gasteiger partial charge in [-0.15, -0.1) is 11.6 Å². The molecule has 0 aromatic rings. The van der Waals surface area contributed by atoms with E-state index in [4.69, 9.17) is 16.3 Å². The molecule has 88 valence electrons. The monoisotopic (exact) mass is 233 g/mol. The van der Waals surface area contributed by atoms with E-state index in [2.05, 4.69) is 19.2 Å². The van der Waals surface area contributed by atoms with Crippen molar-refractivity contribution in [2.75, 3.05) is 19.1 Å². The Kier molecular flexibility index (Phi) is 4.87. The lowest BCUT2D eigenvalue weighted by Gasteiger charge is -2.31. The first-order valence-corrected chi connectivity index (χ1v) is 6.16. The van der Waals surface area contributed by atoms with Crippen LogP contribution in [0.2, 0.25) is 0 Å². The Bertz CT molecular complexity index is 202. The summed E-state index contributed by atoms with van der Waals surface area (Å²) in [6.07, 6.45) is 2.57. The number of carbonyl (C=O) groups is 1. The van der Waals surface area contributed by atoms with Crippen molar-refractivity contribution in [3.05, 3.63) is 0 Å². The Morgan fingerprint density at radius 3 is 2.60 bits per heavy atom. The van der Waals surface area contributed by atoms with Crippen LogP contribution < -0.4 is 5.32 Å². The summed E-state index contributed by atoms with van der Waals surface area (Å²) >= 11 is 5.93. The van der Waals surface area contributed by atoms with Crippen molar-refractivity contribution < 1.29 is 9.53 Å². The molecule has 0 bridgehead atoms. The second-order valence-electron chi connectivity index (χ2n) is 4.17. The van der Waals surface area contributed by atoms with E-state index < -0.39 is 0 Å². The summed E-state index contributed by atoms with van der Waals surface area (Å²) in [7, 11) is 0. The molecule has 1 amide bonds. The van der Waals surface area contributed by atoms with Crippen molar-refractivity contribution in [2.45, 2.75) is 38.6 Å². The summed E-state index contributed by atoms with van der Waals surface area (Å²) < 4.78 is 5.20. The summed E-state index contributed by atoms with van der Waals surface area (Å²) in [6, 6.07) is 0. The molecule has 1 aliphatic rings. The van der Waals surface area contributed by atoms with Gasteiger partial charge in [-0.05, 0) is 19.3 Å². The minimum atomic E-state index is -0.235. The molecular formula is C11H20ClNO2. The molecule has 0 aliphatic carbocycles. The van der Waals surface area contributed by atoms with Crippen LogP contribution in [-0.4, -0.2) is 30.5 Å². The molecule has 1 unspecified atom stereocenters. The van der Waals surface area contributed by atoms with E-state index in [0.717, 1.165) is 19.3 Å². The second kappa shape index (κ2) is 5.71. The first-order valence-electron chi connectivity index (χ1n) is 5.63. The molecule has 0 spiro atoms. The van der Waals surface area contributed by atoms with Gasteiger partial charge in [-0.3, -0.25) is 4.79 Å². The fourth-order valence-electron chi connectivity index (χ4n) is 1.75. The Labute approximate surface area is 96.5 Å². The van der Waals surface area contributed by atoms with E-state index in [9.17, 15) is 4.79 Å². The van der Waals surface area contributed by atoms with Crippen LogP contribution in [0, 0.1) is 5.92 Å². The molecule has 1 aliphatic heterocycles. The van der Waals surface area contributed by atoms with Gasteiger partial charge in [0.1, 0.15) is 0 Å². The number of alkyl halides is 1. The van der Waals surface area contributed by atoms with E-state index in [1.165, 1.54) is 0 Å². The summed E-state index contributed by atoms with van der Waals surface area (Å²) in [6.45, 7) is 5.36. The molecule has 0 radical (unpaired) electrons. The van der Waals surface area contributed by atoms with Gasteiger partial charge in [-0.25, -0.2) is 0 Å². The number of amides is 1. The number of ether oxygens (including phenoxy) is 1. The fourth-order valence-corrected chi connectivity index (χ4v) is 2.20. The SMILES string of the molecule is CCC(CC)(CCl)NC(=O)C1CCOC1. The zero-order valence-electron chi connectivity index (χ0n) is 9.51. The zero-order chi connectivity index (χ0) is 11.3. The van der Waals surface area contributed by atoms with Crippen molar-refractivity contribution in [2.24, 2.45) is 5.92 Å². The van der Waals surface area contributed by atoms with E-state index in [1.807, 2.05) is 0 Å². The molecule has 1 N–H and O–H groups in total. The van der Waals surface area contributed by atoms with Crippen LogP contribution in [0.25, 0.3) is 0 Å². The van der Waals surface area contributed by atoms with Gasteiger partial charge in [0.25, 0.3) is 0 Å². The predicted octanol–water partition coefficient (Wildman–Crippen LogP) is 1.94. The largest absolute Gasteiger partial charge is 0.381 e. The molecule has 15 heavy (non-hydrogen) atoms. The molecule has 0 saturated carbocycles. The smallest absolute Gasteiger partial charge is 0.225 e. The molecule has 0 aromatic heterocycles.